The maximum absolute atomic E-state index is 12.2. The minimum absolute atomic E-state index is 0.154. The van der Waals surface area contributed by atoms with Crippen LogP contribution in [0.2, 0.25) is 0 Å². The van der Waals surface area contributed by atoms with Crippen LogP contribution in [0.15, 0.2) is 91.0 Å². The molecular formula is C22H16N2O2. The number of benzene rings is 3. The molecule has 0 bridgehead atoms. The standard InChI is InChI=1S/C22H16N2O2/c25-22(26)21-19(16-10-4-1-5-11-16)20(17-12-6-2-7-13-17)23-24(21)18-14-8-3-9-15-18/h1-15H,(H,25,26). The minimum atomic E-state index is -1.01. The zero-order chi connectivity index (χ0) is 17.9. The third-order valence-electron chi connectivity index (χ3n) is 4.20. The highest BCUT2D eigenvalue weighted by atomic mass is 16.4. The Kier molecular flexibility index (Phi) is 4.07. The average molecular weight is 340 g/mol. The lowest BCUT2D eigenvalue weighted by atomic mass is 9.99. The topological polar surface area (TPSA) is 55.1 Å². The zero-order valence-electron chi connectivity index (χ0n) is 13.9. The Labute approximate surface area is 151 Å². The lowest BCUT2D eigenvalue weighted by molar-refractivity contribution is 0.0688. The number of carboxylic acid groups (broad SMARTS) is 1. The lowest BCUT2D eigenvalue weighted by Gasteiger charge is -2.06. The van der Waals surface area contributed by atoms with Crippen molar-refractivity contribution in [2.24, 2.45) is 0 Å². The van der Waals surface area contributed by atoms with E-state index in [2.05, 4.69) is 5.10 Å². The van der Waals surface area contributed by atoms with Crippen molar-refractivity contribution in [3.8, 4) is 28.1 Å². The molecule has 0 amide bonds. The van der Waals surface area contributed by atoms with Crippen molar-refractivity contribution in [3.05, 3.63) is 96.7 Å². The predicted molar refractivity (Wildman–Crippen MR) is 101 cm³/mol. The molecule has 0 unspecified atom stereocenters. The summed E-state index contributed by atoms with van der Waals surface area (Å²) >= 11 is 0. The highest BCUT2D eigenvalue weighted by Crippen LogP contribution is 2.35. The molecule has 0 aliphatic carbocycles. The Morgan fingerprint density at radius 2 is 1.23 bits per heavy atom. The summed E-state index contributed by atoms with van der Waals surface area (Å²) in [7, 11) is 0. The Bertz CT molecular complexity index is 1040. The summed E-state index contributed by atoms with van der Waals surface area (Å²) in [4.78, 5) is 12.2. The Balaban J connectivity index is 2.07. The van der Waals surface area contributed by atoms with Gasteiger partial charge in [0.2, 0.25) is 0 Å². The first-order valence-corrected chi connectivity index (χ1v) is 8.28. The molecule has 0 spiro atoms. The van der Waals surface area contributed by atoms with E-state index in [1.54, 1.807) is 0 Å². The molecule has 26 heavy (non-hydrogen) atoms. The number of carboxylic acids is 1. The van der Waals surface area contributed by atoms with Gasteiger partial charge in [0.15, 0.2) is 5.69 Å². The van der Waals surface area contributed by atoms with E-state index in [1.807, 2.05) is 91.0 Å². The molecule has 1 aromatic heterocycles. The van der Waals surface area contributed by atoms with E-state index in [9.17, 15) is 9.90 Å². The van der Waals surface area contributed by atoms with Crippen LogP contribution in [-0.2, 0) is 0 Å². The molecule has 0 fully saturated rings. The Morgan fingerprint density at radius 1 is 0.731 bits per heavy atom. The number of nitrogens with zero attached hydrogens (tertiary/aromatic N) is 2. The average Bonchev–Trinajstić information content (AvgIpc) is 3.11. The van der Waals surface area contributed by atoms with Gasteiger partial charge in [-0.1, -0.05) is 78.9 Å². The number of aromatic carboxylic acids is 1. The number of hydrogen-bond donors (Lipinski definition) is 1. The van der Waals surface area contributed by atoms with Crippen molar-refractivity contribution < 1.29 is 9.90 Å². The first-order valence-electron chi connectivity index (χ1n) is 8.28. The van der Waals surface area contributed by atoms with E-state index >= 15 is 0 Å². The van der Waals surface area contributed by atoms with Crippen LogP contribution in [0.4, 0.5) is 0 Å². The summed E-state index contributed by atoms with van der Waals surface area (Å²) in [5, 5.41) is 14.7. The Morgan fingerprint density at radius 3 is 1.77 bits per heavy atom. The van der Waals surface area contributed by atoms with Gasteiger partial charge in [-0.25, -0.2) is 9.48 Å². The van der Waals surface area contributed by atoms with Gasteiger partial charge in [0.1, 0.15) is 5.69 Å². The molecule has 1 N–H and O–H groups in total. The van der Waals surface area contributed by atoms with Gasteiger partial charge < -0.3 is 5.11 Å². The fraction of sp³-hybridized carbons (Fsp3) is 0. The van der Waals surface area contributed by atoms with Crippen LogP contribution in [0.5, 0.6) is 0 Å². The van der Waals surface area contributed by atoms with E-state index in [0.29, 0.717) is 16.9 Å². The third kappa shape index (κ3) is 2.78. The SMILES string of the molecule is O=C(O)c1c(-c2ccccc2)c(-c2ccccc2)nn1-c1ccccc1. The van der Waals surface area contributed by atoms with Crippen LogP contribution in [0, 0.1) is 0 Å². The molecule has 126 valence electrons. The largest absolute Gasteiger partial charge is 0.476 e. The third-order valence-corrected chi connectivity index (χ3v) is 4.20. The van der Waals surface area contributed by atoms with E-state index in [4.69, 9.17) is 0 Å². The maximum Gasteiger partial charge on any atom is 0.355 e. The summed E-state index contributed by atoms with van der Waals surface area (Å²) in [5.74, 6) is -1.01. The van der Waals surface area contributed by atoms with E-state index < -0.39 is 5.97 Å². The van der Waals surface area contributed by atoms with Crippen molar-refractivity contribution in [1.82, 2.24) is 9.78 Å². The van der Waals surface area contributed by atoms with Gasteiger partial charge in [-0.3, -0.25) is 0 Å². The van der Waals surface area contributed by atoms with Gasteiger partial charge in [0.05, 0.1) is 5.69 Å². The second-order valence-corrected chi connectivity index (χ2v) is 5.86. The van der Waals surface area contributed by atoms with Gasteiger partial charge in [-0.15, -0.1) is 0 Å². The number of para-hydroxylation sites is 1. The fourth-order valence-corrected chi connectivity index (χ4v) is 3.05. The second-order valence-electron chi connectivity index (χ2n) is 5.86. The van der Waals surface area contributed by atoms with Crippen LogP contribution in [-0.4, -0.2) is 20.9 Å². The van der Waals surface area contributed by atoms with Crippen molar-refractivity contribution in [1.29, 1.82) is 0 Å². The molecule has 0 radical (unpaired) electrons. The fourth-order valence-electron chi connectivity index (χ4n) is 3.05. The quantitative estimate of drug-likeness (QED) is 0.574. The first kappa shape index (κ1) is 15.8. The van der Waals surface area contributed by atoms with Crippen LogP contribution in [0.1, 0.15) is 10.5 Å². The molecule has 4 aromatic rings. The molecule has 0 saturated carbocycles. The molecule has 0 aliphatic rings. The number of hydrogen-bond acceptors (Lipinski definition) is 2. The van der Waals surface area contributed by atoms with Crippen molar-refractivity contribution in [3.63, 3.8) is 0 Å². The van der Waals surface area contributed by atoms with E-state index in [1.165, 1.54) is 4.68 Å². The molecule has 1 heterocycles. The van der Waals surface area contributed by atoms with Crippen LogP contribution in [0.25, 0.3) is 28.1 Å². The monoisotopic (exact) mass is 340 g/mol. The Hall–Kier alpha value is -3.66. The summed E-state index contributed by atoms with van der Waals surface area (Å²) in [5.41, 5.74) is 3.84. The van der Waals surface area contributed by atoms with Crippen LogP contribution < -0.4 is 0 Å². The number of aromatic nitrogens is 2. The number of carbonyl (C=O) groups is 1. The summed E-state index contributed by atoms with van der Waals surface area (Å²) in [6, 6.07) is 28.5. The van der Waals surface area contributed by atoms with Crippen molar-refractivity contribution in [2.75, 3.05) is 0 Å². The predicted octanol–water partition coefficient (Wildman–Crippen LogP) is 4.90. The summed E-state index contributed by atoms with van der Waals surface area (Å²) in [6.07, 6.45) is 0. The summed E-state index contributed by atoms with van der Waals surface area (Å²) < 4.78 is 1.51. The minimum Gasteiger partial charge on any atom is -0.476 e. The highest BCUT2D eigenvalue weighted by molar-refractivity contribution is 5.99. The first-order chi connectivity index (χ1) is 12.8. The van der Waals surface area contributed by atoms with Gasteiger partial charge in [0, 0.05) is 11.1 Å². The number of rotatable bonds is 4. The van der Waals surface area contributed by atoms with E-state index in [0.717, 1.165) is 11.1 Å². The van der Waals surface area contributed by atoms with Crippen molar-refractivity contribution in [2.45, 2.75) is 0 Å². The van der Waals surface area contributed by atoms with Gasteiger partial charge in [-0.2, -0.15) is 5.10 Å². The van der Waals surface area contributed by atoms with Gasteiger partial charge >= 0.3 is 5.97 Å². The molecule has 0 saturated heterocycles. The molecule has 4 rings (SSSR count). The lowest BCUT2D eigenvalue weighted by Crippen LogP contribution is -2.09. The molecule has 3 aromatic carbocycles. The maximum atomic E-state index is 12.2. The molecule has 4 nitrogen and oxygen atoms in total. The molecule has 4 heteroatoms. The van der Waals surface area contributed by atoms with Gasteiger partial charge in [0.25, 0.3) is 0 Å². The highest BCUT2D eigenvalue weighted by Gasteiger charge is 2.25. The summed E-state index contributed by atoms with van der Waals surface area (Å²) in [6.45, 7) is 0. The normalized spacial score (nSPS) is 10.6. The van der Waals surface area contributed by atoms with Crippen LogP contribution in [0.3, 0.4) is 0 Å². The van der Waals surface area contributed by atoms with Gasteiger partial charge in [-0.05, 0) is 17.7 Å². The van der Waals surface area contributed by atoms with Crippen LogP contribution >= 0.6 is 0 Å². The van der Waals surface area contributed by atoms with Crippen molar-refractivity contribution >= 4 is 5.97 Å². The molecule has 0 atom stereocenters. The smallest absolute Gasteiger partial charge is 0.355 e. The molecule has 0 aliphatic heterocycles. The molecular weight excluding hydrogens is 324 g/mol. The second kappa shape index (κ2) is 6.69. The zero-order valence-corrected chi connectivity index (χ0v) is 13.9. The van der Waals surface area contributed by atoms with E-state index in [-0.39, 0.29) is 5.69 Å².